The van der Waals surface area contributed by atoms with Crippen molar-refractivity contribution < 1.29 is 19.1 Å². The van der Waals surface area contributed by atoms with Crippen molar-refractivity contribution in [3.05, 3.63) is 65.7 Å². The molecule has 0 radical (unpaired) electrons. The molecule has 0 aliphatic heterocycles. The number of hydrogen-bond donors (Lipinski definition) is 0. The highest BCUT2D eigenvalue weighted by Crippen LogP contribution is 2.22. The monoisotopic (exact) mass is 454 g/mol. The smallest absolute Gasteiger partial charge is 0.168 e. The van der Waals surface area contributed by atoms with Crippen molar-refractivity contribution in [2.75, 3.05) is 7.11 Å². The fourth-order valence-electron chi connectivity index (χ4n) is 2.20. The lowest BCUT2D eigenvalue weighted by atomic mass is 9.86. The fraction of sp³-hybridized carbons (Fsp3) is 0.483. The topological polar surface area (TPSA) is 60.4 Å². The molecule has 0 fully saturated rings. The summed E-state index contributed by atoms with van der Waals surface area (Å²) in [5, 5.41) is 0. The Hall–Kier alpha value is -2.75. The van der Waals surface area contributed by atoms with Gasteiger partial charge in [0.2, 0.25) is 0 Å². The lowest BCUT2D eigenvalue weighted by Crippen LogP contribution is -2.19. The van der Waals surface area contributed by atoms with E-state index >= 15 is 0 Å². The normalized spacial score (nSPS) is 11.2. The number of carbonyl (C=O) groups is 3. The van der Waals surface area contributed by atoms with Crippen LogP contribution in [0.3, 0.4) is 0 Å². The van der Waals surface area contributed by atoms with Crippen LogP contribution in [0.15, 0.2) is 54.6 Å². The zero-order valence-corrected chi connectivity index (χ0v) is 22.3. The highest BCUT2D eigenvalue weighted by Gasteiger charge is 2.23. The number of Topliss-reactive ketones (excluding diaryl/α,β-unsaturated/α-hetero) is 3. The van der Waals surface area contributed by atoms with E-state index in [4.69, 9.17) is 4.74 Å². The second kappa shape index (κ2) is 12.5. The molecule has 0 atom stereocenters. The largest absolute Gasteiger partial charge is 0.497 e. The summed E-state index contributed by atoms with van der Waals surface area (Å²) in [6.45, 7) is 18.9. The molecule has 0 bridgehead atoms. The summed E-state index contributed by atoms with van der Waals surface area (Å²) < 4.78 is 5.02. The molecule has 2 aromatic carbocycles. The molecule has 0 aliphatic rings. The molecule has 0 aliphatic carbocycles. The first-order valence-corrected chi connectivity index (χ1v) is 11.2. The highest BCUT2D eigenvalue weighted by molar-refractivity contribution is 6.00. The standard InChI is InChI=1S/C12H16O2.C11H14O.C6H12O/c1-12(2,3)11(13)9-5-7-10(14-4)8-6-9;1-11(2,3)10(12)9-7-5-4-6-8-9;1-5(7)6(2,3)4/h5-8H,1-4H3;4-8H,1-3H3;1-4H3. The number of carbonyl (C=O) groups excluding carboxylic acids is 3. The lowest BCUT2D eigenvalue weighted by Gasteiger charge is -2.16. The molecular weight excluding hydrogens is 412 g/mol. The van der Waals surface area contributed by atoms with Crippen molar-refractivity contribution >= 4 is 17.3 Å². The summed E-state index contributed by atoms with van der Waals surface area (Å²) >= 11 is 0. The molecule has 0 amide bonds. The number of ketones is 3. The predicted molar refractivity (Wildman–Crippen MR) is 137 cm³/mol. The van der Waals surface area contributed by atoms with Gasteiger partial charge >= 0.3 is 0 Å². The molecule has 0 aromatic heterocycles. The Morgan fingerprint density at radius 3 is 1.18 bits per heavy atom. The van der Waals surface area contributed by atoms with Crippen molar-refractivity contribution in [3.63, 3.8) is 0 Å². The zero-order chi connectivity index (χ0) is 26.0. The van der Waals surface area contributed by atoms with Crippen molar-refractivity contribution in [1.82, 2.24) is 0 Å². The third kappa shape index (κ3) is 11.6. The van der Waals surface area contributed by atoms with Crippen LogP contribution in [0.25, 0.3) is 0 Å². The van der Waals surface area contributed by atoms with E-state index in [0.29, 0.717) is 0 Å². The van der Waals surface area contributed by atoms with Crippen molar-refractivity contribution in [2.45, 2.75) is 69.2 Å². The van der Waals surface area contributed by atoms with Crippen molar-refractivity contribution in [2.24, 2.45) is 16.2 Å². The molecule has 0 saturated carbocycles. The van der Waals surface area contributed by atoms with E-state index in [9.17, 15) is 14.4 Å². The fourth-order valence-corrected chi connectivity index (χ4v) is 2.20. The molecule has 4 heteroatoms. The Labute approximate surface area is 200 Å². The Morgan fingerprint density at radius 2 is 0.909 bits per heavy atom. The number of benzene rings is 2. The molecule has 0 N–H and O–H groups in total. The minimum atomic E-state index is -0.325. The third-order valence-corrected chi connectivity index (χ3v) is 4.81. The van der Waals surface area contributed by atoms with E-state index in [1.807, 2.05) is 92.6 Å². The zero-order valence-electron chi connectivity index (χ0n) is 22.3. The van der Waals surface area contributed by atoms with E-state index in [-0.39, 0.29) is 33.6 Å². The first-order chi connectivity index (χ1) is 14.9. The molecule has 0 unspecified atom stereocenters. The van der Waals surface area contributed by atoms with Crippen molar-refractivity contribution in [1.29, 1.82) is 0 Å². The summed E-state index contributed by atoms with van der Waals surface area (Å²) in [6.07, 6.45) is 0. The summed E-state index contributed by atoms with van der Waals surface area (Å²) in [5.74, 6) is 1.37. The summed E-state index contributed by atoms with van der Waals surface area (Å²) in [5.41, 5.74) is 0.791. The molecule has 2 aromatic rings. The van der Waals surface area contributed by atoms with Crippen molar-refractivity contribution in [3.8, 4) is 5.75 Å². The van der Waals surface area contributed by atoms with Gasteiger partial charge in [-0.1, -0.05) is 92.6 Å². The molecule has 33 heavy (non-hydrogen) atoms. The maximum absolute atomic E-state index is 11.8. The molecular formula is C29H42O4. The van der Waals surface area contributed by atoms with Crippen LogP contribution in [-0.4, -0.2) is 24.5 Å². The first-order valence-electron chi connectivity index (χ1n) is 11.2. The quantitative estimate of drug-likeness (QED) is 0.452. The Balaban J connectivity index is 0.000000492. The van der Waals surface area contributed by atoms with E-state index in [1.54, 1.807) is 38.3 Å². The Kier molecular flexibility index (Phi) is 11.4. The van der Waals surface area contributed by atoms with Gasteiger partial charge in [0, 0.05) is 27.4 Å². The molecule has 2 rings (SSSR count). The summed E-state index contributed by atoms with van der Waals surface area (Å²) in [7, 11) is 1.61. The van der Waals surface area contributed by atoms with E-state index in [1.165, 1.54) is 0 Å². The molecule has 0 spiro atoms. The van der Waals surface area contributed by atoms with E-state index < -0.39 is 0 Å². The second-order valence-electron chi connectivity index (χ2n) is 11.1. The third-order valence-electron chi connectivity index (χ3n) is 4.81. The second-order valence-corrected chi connectivity index (χ2v) is 11.1. The summed E-state index contributed by atoms with van der Waals surface area (Å²) in [6, 6.07) is 16.6. The first kappa shape index (κ1) is 30.2. The number of ether oxygens (including phenoxy) is 1. The maximum Gasteiger partial charge on any atom is 0.168 e. The van der Waals surface area contributed by atoms with Crippen LogP contribution in [0, 0.1) is 16.2 Å². The van der Waals surface area contributed by atoms with Gasteiger partial charge in [0.25, 0.3) is 0 Å². The molecule has 0 heterocycles. The lowest BCUT2D eigenvalue weighted by molar-refractivity contribution is -0.124. The van der Waals surface area contributed by atoms with Crippen LogP contribution in [0.5, 0.6) is 5.75 Å². The van der Waals surface area contributed by atoms with Crippen LogP contribution >= 0.6 is 0 Å². The summed E-state index contributed by atoms with van der Waals surface area (Å²) in [4.78, 5) is 34.0. The van der Waals surface area contributed by atoms with Gasteiger partial charge in [0.1, 0.15) is 11.5 Å². The average Bonchev–Trinajstić information content (AvgIpc) is 2.72. The van der Waals surface area contributed by atoms with Gasteiger partial charge in [-0.15, -0.1) is 0 Å². The van der Waals surface area contributed by atoms with Gasteiger partial charge in [0.05, 0.1) is 7.11 Å². The van der Waals surface area contributed by atoms with Gasteiger partial charge in [-0.25, -0.2) is 0 Å². The van der Waals surface area contributed by atoms with Gasteiger partial charge in [-0.05, 0) is 31.2 Å². The average molecular weight is 455 g/mol. The van der Waals surface area contributed by atoms with Gasteiger partial charge in [-0.2, -0.15) is 0 Å². The van der Waals surface area contributed by atoms with Gasteiger partial charge < -0.3 is 4.74 Å². The number of methoxy groups -OCH3 is 1. The van der Waals surface area contributed by atoms with Gasteiger partial charge in [-0.3, -0.25) is 14.4 Å². The predicted octanol–water partition coefficient (Wildman–Crippen LogP) is 7.46. The van der Waals surface area contributed by atoms with Crippen LogP contribution in [0.2, 0.25) is 0 Å². The Morgan fingerprint density at radius 1 is 0.576 bits per heavy atom. The number of rotatable bonds is 3. The number of hydrogen-bond acceptors (Lipinski definition) is 4. The SMILES string of the molecule is CC(=O)C(C)(C)C.CC(C)(C)C(=O)c1ccccc1.COc1ccc(C(=O)C(C)(C)C)cc1. The highest BCUT2D eigenvalue weighted by atomic mass is 16.5. The minimum absolute atomic E-state index is 0.139. The minimum Gasteiger partial charge on any atom is -0.497 e. The van der Waals surface area contributed by atoms with Crippen LogP contribution in [0.4, 0.5) is 0 Å². The van der Waals surface area contributed by atoms with Crippen LogP contribution < -0.4 is 4.74 Å². The maximum atomic E-state index is 11.8. The molecule has 0 saturated heterocycles. The Bertz CT molecular complexity index is 888. The van der Waals surface area contributed by atoms with Gasteiger partial charge in [0.15, 0.2) is 11.6 Å². The molecule has 4 nitrogen and oxygen atoms in total. The van der Waals surface area contributed by atoms with E-state index in [0.717, 1.165) is 16.9 Å². The van der Waals surface area contributed by atoms with Crippen LogP contribution in [0.1, 0.15) is 90.0 Å². The van der Waals surface area contributed by atoms with E-state index in [2.05, 4.69) is 0 Å². The molecule has 182 valence electrons. The van der Waals surface area contributed by atoms with Crippen LogP contribution in [-0.2, 0) is 4.79 Å².